The molecule has 0 spiro atoms. The van der Waals surface area contributed by atoms with Crippen molar-refractivity contribution in [2.24, 2.45) is 20.0 Å². The van der Waals surface area contributed by atoms with E-state index in [4.69, 9.17) is 0 Å². The van der Waals surface area contributed by atoms with Crippen LogP contribution in [0.1, 0.15) is 0 Å². The molecule has 0 amide bonds. The van der Waals surface area contributed by atoms with Crippen molar-refractivity contribution in [3.05, 3.63) is 0 Å². The fraction of sp³-hybridized carbons (Fsp3) is 0.429. The highest BCUT2D eigenvalue weighted by molar-refractivity contribution is 8.15. The minimum Gasteiger partial charge on any atom is -0.255 e. The second kappa shape index (κ2) is 3.63. The van der Waals surface area contributed by atoms with Crippen molar-refractivity contribution in [1.82, 2.24) is 0 Å². The molecule has 0 radical (unpaired) electrons. The maximum absolute atomic E-state index is 4.36. The Morgan fingerprint density at radius 3 is 2.77 bits per heavy atom. The highest BCUT2D eigenvalue weighted by Gasteiger charge is 2.27. The topological polar surface area (TPSA) is 49.4 Å². The van der Waals surface area contributed by atoms with Crippen LogP contribution >= 0.6 is 23.5 Å². The van der Waals surface area contributed by atoms with Crippen LogP contribution in [0.4, 0.5) is 0 Å². The summed E-state index contributed by atoms with van der Waals surface area (Å²) in [6.07, 6.45) is 5.50. The van der Waals surface area contributed by atoms with Crippen LogP contribution in [0.15, 0.2) is 20.0 Å². The summed E-state index contributed by atoms with van der Waals surface area (Å²) in [6.45, 7) is 0. The predicted molar refractivity (Wildman–Crippen MR) is 61.6 cm³/mol. The molecular weight excluding hydrogens is 204 g/mol. The van der Waals surface area contributed by atoms with Gasteiger partial charge in [0.15, 0.2) is 17.0 Å². The largest absolute Gasteiger partial charge is 0.255 e. The molecule has 0 fully saturated rings. The molecule has 4 nitrogen and oxygen atoms in total. The summed E-state index contributed by atoms with van der Waals surface area (Å²) in [5.41, 5.74) is 0. The predicted octanol–water partition coefficient (Wildman–Crippen LogP) is 1.29. The Labute approximate surface area is 84.7 Å². The van der Waals surface area contributed by atoms with Gasteiger partial charge >= 0.3 is 0 Å². The van der Waals surface area contributed by atoms with E-state index >= 15 is 0 Å². The molecule has 0 aromatic rings. The Hall–Kier alpha value is -0.620. The van der Waals surface area contributed by atoms with Crippen LogP contribution in [-0.4, -0.2) is 40.9 Å². The molecule has 13 heavy (non-hydrogen) atoms. The van der Waals surface area contributed by atoms with E-state index in [1.165, 1.54) is 11.8 Å². The Bertz CT molecular complexity index is 342. The minimum absolute atomic E-state index is 0.0362. The first-order valence-electron chi connectivity index (χ1n) is 3.69. The lowest BCUT2D eigenvalue weighted by atomic mass is 10.3. The van der Waals surface area contributed by atoms with E-state index in [1.54, 1.807) is 18.1 Å². The highest BCUT2D eigenvalue weighted by atomic mass is 32.2. The van der Waals surface area contributed by atoms with Crippen molar-refractivity contribution in [3.8, 4) is 0 Å². The molecule has 0 N–H and O–H groups in total. The quantitative estimate of drug-likeness (QED) is 0.607. The summed E-state index contributed by atoms with van der Waals surface area (Å²) >= 11 is 3.13. The maximum atomic E-state index is 4.36. The molecule has 0 bridgehead atoms. The molecule has 1 atom stereocenters. The molecule has 0 aromatic carbocycles. The monoisotopic (exact) mass is 212 g/mol. The van der Waals surface area contributed by atoms with Gasteiger partial charge in [-0.15, -0.1) is 11.8 Å². The average Bonchev–Trinajstić information content (AvgIpc) is 2.63. The molecule has 2 heterocycles. The number of thioether (sulfide) groups is 2. The molecule has 68 valence electrons. The third kappa shape index (κ3) is 1.55. The van der Waals surface area contributed by atoms with Gasteiger partial charge in [0, 0.05) is 0 Å². The Kier molecular flexibility index (Phi) is 2.50. The number of nitrogens with zero attached hydrogens (tertiary/aromatic N) is 4. The third-order valence-corrected chi connectivity index (χ3v) is 2.97. The molecular formula is C7H8N4S2. The van der Waals surface area contributed by atoms with E-state index in [1.807, 2.05) is 12.5 Å². The van der Waals surface area contributed by atoms with Crippen molar-refractivity contribution in [3.63, 3.8) is 0 Å². The molecule has 0 saturated heterocycles. The van der Waals surface area contributed by atoms with Gasteiger partial charge in [0.25, 0.3) is 0 Å². The SMILES string of the molecule is CSC1=NC2=NC=NC2C(SC)=N1. The fourth-order valence-electron chi connectivity index (χ4n) is 1.09. The maximum Gasteiger partial charge on any atom is 0.189 e. The van der Waals surface area contributed by atoms with Gasteiger partial charge in [-0.2, -0.15) is 0 Å². The second-order valence-electron chi connectivity index (χ2n) is 2.41. The van der Waals surface area contributed by atoms with E-state index in [-0.39, 0.29) is 6.04 Å². The zero-order valence-electron chi connectivity index (χ0n) is 7.26. The lowest BCUT2D eigenvalue weighted by Gasteiger charge is -2.14. The molecule has 2 aliphatic heterocycles. The van der Waals surface area contributed by atoms with Crippen LogP contribution in [0, 0.1) is 0 Å². The summed E-state index contributed by atoms with van der Waals surface area (Å²) in [7, 11) is 0. The van der Waals surface area contributed by atoms with Crippen molar-refractivity contribution < 1.29 is 0 Å². The van der Waals surface area contributed by atoms with E-state index in [2.05, 4.69) is 20.0 Å². The molecule has 1 unspecified atom stereocenters. The molecule has 2 aliphatic rings. The zero-order valence-corrected chi connectivity index (χ0v) is 8.89. The first-order chi connectivity index (χ1) is 6.35. The van der Waals surface area contributed by atoms with Crippen molar-refractivity contribution in [2.75, 3.05) is 12.5 Å². The lowest BCUT2D eigenvalue weighted by Crippen LogP contribution is -2.27. The summed E-state index contributed by atoms with van der Waals surface area (Å²) < 4.78 is 0. The average molecular weight is 212 g/mol. The smallest absolute Gasteiger partial charge is 0.189 e. The number of rotatable bonds is 0. The van der Waals surface area contributed by atoms with Gasteiger partial charge in [-0.3, -0.25) is 4.99 Å². The van der Waals surface area contributed by atoms with Gasteiger partial charge < -0.3 is 0 Å². The molecule has 0 aromatic heterocycles. The van der Waals surface area contributed by atoms with Crippen LogP contribution in [-0.2, 0) is 0 Å². The molecule has 6 heteroatoms. The Balaban J connectivity index is 2.36. The summed E-state index contributed by atoms with van der Waals surface area (Å²) in [4.78, 5) is 16.9. The number of hydrogen-bond donors (Lipinski definition) is 0. The molecule has 2 rings (SSSR count). The van der Waals surface area contributed by atoms with Gasteiger partial charge in [-0.1, -0.05) is 11.8 Å². The standard InChI is InChI=1S/C7H8N4S2/c1-12-6-4-5(9-3-8-4)10-7(11-6)13-2/h3-4H,1-2H3. The van der Waals surface area contributed by atoms with Crippen LogP contribution < -0.4 is 0 Å². The van der Waals surface area contributed by atoms with Gasteiger partial charge in [-0.25, -0.2) is 15.0 Å². The van der Waals surface area contributed by atoms with Crippen LogP contribution in [0.5, 0.6) is 0 Å². The third-order valence-electron chi connectivity index (χ3n) is 1.69. The molecule has 0 saturated carbocycles. The number of amidine groups is 2. The van der Waals surface area contributed by atoms with E-state index in [9.17, 15) is 0 Å². The Morgan fingerprint density at radius 1 is 1.23 bits per heavy atom. The summed E-state index contributed by atoms with van der Waals surface area (Å²) in [5, 5.41) is 1.75. The zero-order chi connectivity index (χ0) is 9.26. The second-order valence-corrected chi connectivity index (χ2v) is 4.01. The lowest BCUT2D eigenvalue weighted by molar-refractivity contribution is 1.16. The Morgan fingerprint density at radius 2 is 2.08 bits per heavy atom. The normalized spacial score (nSPS) is 25.1. The van der Waals surface area contributed by atoms with Crippen molar-refractivity contribution in [2.45, 2.75) is 6.04 Å². The van der Waals surface area contributed by atoms with E-state index < -0.39 is 0 Å². The van der Waals surface area contributed by atoms with Crippen LogP contribution in [0.25, 0.3) is 0 Å². The number of fused-ring (bicyclic) bond motifs is 1. The fourth-order valence-corrected chi connectivity index (χ4v) is 2.09. The van der Waals surface area contributed by atoms with Crippen LogP contribution in [0.3, 0.4) is 0 Å². The summed E-state index contributed by atoms with van der Waals surface area (Å²) in [5.74, 6) is 0.767. The highest BCUT2D eigenvalue weighted by Crippen LogP contribution is 2.20. The number of aliphatic imine (C=N–C) groups is 4. The summed E-state index contributed by atoms with van der Waals surface area (Å²) in [6, 6.07) is -0.0362. The first kappa shape index (κ1) is 8.96. The van der Waals surface area contributed by atoms with E-state index in [0.29, 0.717) is 0 Å². The van der Waals surface area contributed by atoms with Gasteiger partial charge in [-0.05, 0) is 12.5 Å². The van der Waals surface area contributed by atoms with E-state index in [0.717, 1.165) is 16.0 Å². The minimum atomic E-state index is -0.0362. The van der Waals surface area contributed by atoms with Gasteiger partial charge in [0.2, 0.25) is 0 Å². The van der Waals surface area contributed by atoms with Crippen molar-refractivity contribution in [1.29, 1.82) is 0 Å². The van der Waals surface area contributed by atoms with Crippen molar-refractivity contribution >= 4 is 45.9 Å². The van der Waals surface area contributed by atoms with Gasteiger partial charge in [0.05, 0.1) is 0 Å². The number of hydrogen-bond acceptors (Lipinski definition) is 6. The first-order valence-corrected chi connectivity index (χ1v) is 6.14. The molecule has 0 aliphatic carbocycles. The van der Waals surface area contributed by atoms with Crippen LogP contribution in [0.2, 0.25) is 0 Å². The van der Waals surface area contributed by atoms with Gasteiger partial charge in [0.1, 0.15) is 11.4 Å².